The minimum Gasteiger partial charge on any atom is -0.489 e. The lowest BCUT2D eigenvalue weighted by atomic mass is 10.2. The van der Waals surface area contributed by atoms with Gasteiger partial charge in [-0.1, -0.05) is 65.1 Å². The maximum Gasteiger partial charge on any atom is 0.166 e. The molecule has 0 bridgehead atoms. The summed E-state index contributed by atoms with van der Waals surface area (Å²) in [5, 5.41) is 4.89. The van der Waals surface area contributed by atoms with Crippen LogP contribution in [0.2, 0.25) is 15.2 Å². The number of nitrogens with zero attached hydrogens (tertiary/aromatic N) is 2. The molecule has 0 saturated heterocycles. The molecule has 3 aromatic rings. The van der Waals surface area contributed by atoms with Gasteiger partial charge in [0, 0.05) is 0 Å². The Kier molecular flexibility index (Phi) is 6.34. The van der Waals surface area contributed by atoms with E-state index in [9.17, 15) is 0 Å². The summed E-state index contributed by atoms with van der Waals surface area (Å²) >= 11 is 17.7. The highest BCUT2D eigenvalue weighted by atomic mass is 35.5. The number of nitrogens with one attached hydrogen (secondary N) is 1. The van der Waals surface area contributed by atoms with E-state index in [1.54, 1.807) is 6.21 Å². The largest absolute Gasteiger partial charge is 0.489 e. The van der Waals surface area contributed by atoms with E-state index in [1.807, 2.05) is 54.6 Å². The first-order chi connectivity index (χ1) is 12.6. The third-order valence-electron chi connectivity index (χ3n) is 3.40. The van der Waals surface area contributed by atoms with Gasteiger partial charge in [0.15, 0.2) is 5.82 Å². The van der Waals surface area contributed by atoms with Crippen molar-refractivity contribution in [2.45, 2.75) is 6.61 Å². The zero-order valence-corrected chi connectivity index (χ0v) is 15.8. The van der Waals surface area contributed by atoms with Crippen molar-refractivity contribution in [3.05, 3.63) is 87.0 Å². The molecule has 1 N–H and O–H groups in total. The van der Waals surface area contributed by atoms with E-state index in [0.29, 0.717) is 17.4 Å². The van der Waals surface area contributed by atoms with Gasteiger partial charge in [-0.2, -0.15) is 5.10 Å². The number of rotatable bonds is 6. The number of benzene rings is 2. The lowest BCUT2D eigenvalue weighted by Crippen LogP contribution is -1.96. The van der Waals surface area contributed by atoms with Crippen LogP contribution >= 0.6 is 34.8 Å². The van der Waals surface area contributed by atoms with Crippen LogP contribution in [0.1, 0.15) is 11.1 Å². The number of hydrogen-bond acceptors (Lipinski definition) is 4. The maximum atomic E-state index is 6.03. The van der Waals surface area contributed by atoms with Crippen LogP contribution in [-0.2, 0) is 6.61 Å². The first-order valence-electron chi connectivity index (χ1n) is 7.69. The molecule has 132 valence electrons. The van der Waals surface area contributed by atoms with Gasteiger partial charge >= 0.3 is 0 Å². The Bertz CT molecular complexity index is 900. The Hall–Kier alpha value is -2.27. The fraction of sp³-hybridized carbons (Fsp3) is 0.0526. The lowest BCUT2D eigenvalue weighted by molar-refractivity contribution is 0.306. The third kappa shape index (κ3) is 5.11. The number of hydrogen-bond donors (Lipinski definition) is 1. The normalized spacial score (nSPS) is 10.9. The summed E-state index contributed by atoms with van der Waals surface area (Å²) in [6.45, 7) is 0.525. The molecule has 26 heavy (non-hydrogen) atoms. The molecule has 3 rings (SSSR count). The van der Waals surface area contributed by atoms with Crippen molar-refractivity contribution in [3.63, 3.8) is 0 Å². The van der Waals surface area contributed by atoms with Crippen LogP contribution in [0.4, 0.5) is 5.82 Å². The molecule has 0 spiro atoms. The molecule has 4 nitrogen and oxygen atoms in total. The quantitative estimate of drug-likeness (QED) is 0.307. The molecule has 7 heteroatoms. The second kappa shape index (κ2) is 8.90. The predicted molar refractivity (Wildman–Crippen MR) is 108 cm³/mol. The summed E-state index contributed by atoms with van der Waals surface area (Å²) in [5.74, 6) is 1.12. The van der Waals surface area contributed by atoms with Gasteiger partial charge in [0.05, 0.1) is 16.3 Å². The summed E-state index contributed by atoms with van der Waals surface area (Å²) in [6.07, 6.45) is 1.64. The summed E-state index contributed by atoms with van der Waals surface area (Å²) in [5.41, 5.74) is 4.75. The first kappa shape index (κ1) is 18.5. The highest BCUT2D eigenvalue weighted by Gasteiger charge is 2.06. The Morgan fingerprint density at radius 1 is 0.962 bits per heavy atom. The lowest BCUT2D eigenvalue weighted by Gasteiger charge is -2.06. The first-order valence-corrected chi connectivity index (χ1v) is 8.82. The van der Waals surface area contributed by atoms with Crippen molar-refractivity contribution in [1.82, 2.24) is 4.98 Å². The molecule has 1 aromatic heterocycles. The molecule has 2 aromatic carbocycles. The second-order valence-corrected chi connectivity index (χ2v) is 6.48. The number of anilines is 1. The number of halogens is 3. The summed E-state index contributed by atoms with van der Waals surface area (Å²) < 4.78 is 5.75. The number of aromatic nitrogens is 1. The Labute approximate surface area is 166 Å². The Morgan fingerprint density at radius 2 is 1.69 bits per heavy atom. The van der Waals surface area contributed by atoms with E-state index >= 15 is 0 Å². The van der Waals surface area contributed by atoms with Gasteiger partial charge in [-0.05, 0) is 41.5 Å². The molecule has 0 unspecified atom stereocenters. The fourth-order valence-electron chi connectivity index (χ4n) is 2.08. The smallest absolute Gasteiger partial charge is 0.166 e. The zero-order valence-electron chi connectivity index (χ0n) is 13.5. The molecule has 0 aliphatic rings. The molecule has 0 amide bonds. The van der Waals surface area contributed by atoms with E-state index in [4.69, 9.17) is 39.5 Å². The summed E-state index contributed by atoms with van der Waals surface area (Å²) in [7, 11) is 0. The van der Waals surface area contributed by atoms with Gasteiger partial charge in [0.2, 0.25) is 0 Å². The molecular weight excluding hydrogens is 393 g/mol. The minimum atomic E-state index is 0.161. The van der Waals surface area contributed by atoms with Gasteiger partial charge in [0.25, 0.3) is 0 Å². The van der Waals surface area contributed by atoms with Crippen LogP contribution in [0.15, 0.2) is 65.8 Å². The average Bonchev–Trinajstić information content (AvgIpc) is 2.66. The molecule has 0 saturated carbocycles. The molecule has 1 heterocycles. The van der Waals surface area contributed by atoms with Crippen molar-refractivity contribution in [3.8, 4) is 5.75 Å². The van der Waals surface area contributed by atoms with Crippen LogP contribution in [0.3, 0.4) is 0 Å². The van der Waals surface area contributed by atoms with Crippen molar-refractivity contribution in [2.24, 2.45) is 5.10 Å². The van der Waals surface area contributed by atoms with E-state index in [0.717, 1.165) is 16.9 Å². The number of hydrazone groups is 1. The van der Waals surface area contributed by atoms with E-state index in [2.05, 4.69) is 15.5 Å². The van der Waals surface area contributed by atoms with Crippen molar-refractivity contribution < 1.29 is 4.74 Å². The highest BCUT2D eigenvalue weighted by Crippen LogP contribution is 2.28. The van der Waals surface area contributed by atoms with E-state index < -0.39 is 0 Å². The van der Waals surface area contributed by atoms with Crippen LogP contribution in [0.5, 0.6) is 5.75 Å². The van der Waals surface area contributed by atoms with Crippen molar-refractivity contribution in [2.75, 3.05) is 5.43 Å². The topological polar surface area (TPSA) is 46.5 Å². The number of ether oxygens (including phenoxy) is 1. The summed E-state index contributed by atoms with van der Waals surface area (Å²) in [6, 6.07) is 19.1. The summed E-state index contributed by atoms with van der Waals surface area (Å²) in [4.78, 5) is 4.03. The zero-order chi connectivity index (χ0) is 18.4. The number of pyridine rings is 1. The van der Waals surface area contributed by atoms with Gasteiger partial charge in [-0.3, -0.25) is 5.43 Å². The van der Waals surface area contributed by atoms with Crippen LogP contribution < -0.4 is 10.2 Å². The molecule has 0 atom stereocenters. The maximum absolute atomic E-state index is 6.03. The predicted octanol–water partition coefficient (Wildman–Crippen LogP) is 6.07. The van der Waals surface area contributed by atoms with Gasteiger partial charge in [-0.15, -0.1) is 0 Å². The van der Waals surface area contributed by atoms with Crippen molar-refractivity contribution >= 4 is 46.8 Å². The fourth-order valence-corrected chi connectivity index (χ4v) is 2.62. The van der Waals surface area contributed by atoms with E-state index in [1.165, 1.54) is 6.07 Å². The molecule has 0 radical (unpaired) electrons. The van der Waals surface area contributed by atoms with Crippen LogP contribution in [0.25, 0.3) is 0 Å². The second-order valence-electron chi connectivity index (χ2n) is 5.30. The minimum absolute atomic E-state index is 0.161. The van der Waals surface area contributed by atoms with E-state index in [-0.39, 0.29) is 10.2 Å². The van der Waals surface area contributed by atoms with Gasteiger partial charge < -0.3 is 4.74 Å². The SMILES string of the molecule is Clc1cc(Cl)c(N/N=C\c2ccc(OCc3ccccc3)cc2)nc1Cl. The standard InChI is InChI=1S/C19H14Cl3N3O/c20-16-10-17(21)19(24-18(16)22)25-23-11-13-6-8-15(9-7-13)26-12-14-4-2-1-3-5-14/h1-11H,12H2,(H,24,25)/b23-11-. The van der Waals surface area contributed by atoms with Crippen LogP contribution in [-0.4, -0.2) is 11.2 Å². The molecular formula is C19H14Cl3N3O. The van der Waals surface area contributed by atoms with Crippen LogP contribution in [0, 0.1) is 0 Å². The third-order valence-corrected chi connectivity index (χ3v) is 4.36. The average molecular weight is 407 g/mol. The molecule has 0 aliphatic carbocycles. The Morgan fingerprint density at radius 3 is 2.42 bits per heavy atom. The van der Waals surface area contributed by atoms with Gasteiger partial charge in [-0.25, -0.2) is 4.98 Å². The van der Waals surface area contributed by atoms with Crippen molar-refractivity contribution in [1.29, 1.82) is 0 Å². The molecule has 0 aliphatic heterocycles. The highest BCUT2D eigenvalue weighted by molar-refractivity contribution is 6.42. The molecule has 0 fully saturated rings. The Balaban J connectivity index is 1.57. The monoisotopic (exact) mass is 405 g/mol. The van der Waals surface area contributed by atoms with Gasteiger partial charge in [0.1, 0.15) is 17.5 Å².